The average molecular weight is 212 g/mol. The topological polar surface area (TPSA) is 17.0 Å². The minimum absolute atomic E-state index is 0.635. The summed E-state index contributed by atoms with van der Waals surface area (Å²) in [5, 5.41) is 4.58. The van der Waals surface area contributed by atoms with Crippen LogP contribution in [0, 0.1) is 12.3 Å². The van der Waals surface area contributed by atoms with Gasteiger partial charge < -0.3 is 9.88 Å². The van der Waals surface area contributed by atoms with Gasteiger partial charge in [0.05, 0.1) is 6.54 Å². The van der Waals surface area contributed by atoms with E-state index in [9.17, 15) is 0 Å². The van der Waals surface area contributed by atoms with Gasteiger partial charge in [0, 0.05) is 18.3 Å². The highest BCUT2D eigenvalue weighted by atomic mass is 14.9. The summed E-state index contributed by atoms with van der Waals surface area (Å²) in [7, 11) is 0. The predicted molar refractivity (Wildman–Crippen MR) is 68.2 cm³/mol. The monoisotopic (exact) mass is 212 g/mol. The molecule has 0 saturated heterocycles. The maximum atomic E-state index is 5.33. The van der Waals surface area contributed by atoms with Gasteiger partial charge in [0.15, 0.2) is 0 Å². The van der Waals surface area contributed by atoms with Crippen molar-refractivity contribution in [2.45, 2.75) is 20.0 Å². The van der Waals surface area contributed by atoms with Crippen molar-refractivity contribution in [2.75, 3.05) is 6.54 Å². The SMILES string of the molecule is C#CCn1ccc2cc(CNCC)ccc21. The second-order valence-electron chi connectivity index (χ2n) is 3.82. The van der Waals surface area contributed by atoms with Crippen LogP contribution in [0.2, 0.25) is 0 Å². The third-order valence-electron chi connectivity index (χ3n) is 2.68. The molecule has 1 aromatic heterocycles. The standard InChI is InChI=1S/C14H16N2/c1-3-8-16-9-7-13-10-12(11-15-4-2)5-6-14(13)16/h1,5-7,9-10,15H,4,8,11H2,2H3. The Morgan fingerprint density at radius 1 is 1.38 bits per heavy atom. The molecule has 0 aliphatic rings. The van der Waals surface area contributed by atoms with Crippen molar-refractivity contribution in [1.82, 2.24) is 9.88 Å². The van der Waals surface area contributed by atoms with E-state index < -0.39 is 0 Å². The van der Waals surface area contributed by atoms with Crippen molar-refractivity contribution in [3.63, 3.8) is 0 Å². The second-order valence-corrected chi connectivity index (χ2v) is 3.82. The molecular formula is C14H16N2. The summed E-state index contributed by atoms with van der Waals surface area (Å²) in [4.78, 5) is 0. The molecule has 0 bridgehead atoms. The van der Waals surface area contributed by atoms with Crippen molar-refractivity contribution in [3.8, 4) is 12.3 Å². The van der Waals surface area contributed by atoms with E-state index in [0.717, 1.165) is 13.1 Å². The van der Waals surface area contributed by atoms with Crippen molar-refractivity contribution in [1.29, 1.82) is 0 Å². The van der Waals surface area contributed by atoms with Crippen LogP contribution in [0.15, 0.2) is 30.5 Å². The molecule has 1 aromatic carbocycles. The van der Waals surface area contributed by atoms with Crippen LogP contribution in [-0.4, -0.2) is 11.1 Å². The summed E-state index contributed by atoms with van der Waals surface area (Å²) in [5.41, 5.74) is 2.52. The molecular weight excluding hydrogens is 196 g/mol. The quantitative estimate of drug-likeness (QED) is 0.770. The van der Waals surface area contributed by atoms with Crippen molar-refractivity contribution >= 4 is 10.9 Å². The summed E-state index contributed by atoms with van der Waals surface area (Å²) in [6.07, 6.45) is 7.37. The molecule has 0 saturated carbocycles. The minimum atomic E-state index is 0.635. The van der Waals surface area contributed by atoms with Crippen LogP contribution < -0.4 is 5.32 Å². The first-order valence-electron chi connectivity index (χ1n) is 5.57. The van der Waals surface area contributed by atoms with Gasteiger partial charge in [-0.1, -0.05) is 18.9 Å². The Morgan fingerprint density at radius 3 is 3.00 bits per heavy atom. The van der Waals surface area contributed by atoms with E-state index in [1.54, 1.807) is 0 Å². The molecule has 2 aromatic rings. The summed E-state index contributed by atoms with van der Waals surface area (Å²) in [6, 6.07) is 8.62. The zero-order valence-electron chi connectivity index (χ0n) is 9.53. The first kappa shape index (κ1) is 10.8. The molecule has 2 nitrogen and oxygen atoms in total. The molecule has 2 heteroatoms. The number of nitrogens with zero attached hydrogens (tertiary/aromatic N) is 1. The van der Waals surface area contributed by atoms with Gasteiger partial charge in [-0.2, -0.15) is 0 Å². The van der Waals surface area contributed by atoms with Crippen molar-refractivity contribution in [3.05, 3.63) is 36.0 Å². The molecule has 16 heavy (non-hydrogen) atoms. The van der Waals surface area contributed by atoms with E-state index in [2.05, 4.69) is 47.0 Å². The maximum absolute atomic E-state index is 5.33. The molecule has 0 atom stereocenters. The highest BCUT2D eigenvalue weighted by Gasteiger charge is 2.00. The Hall–Kier alpha value is -1.72. The predicted octanol–water partition coefficient (Wildman–Crippen LogP) is 2.38. The molecule has 0 fully saturated rings. The Labute approximate surface area is 96.3 Å². The molecule has 0 radical (unpaired) electrons. The Morgan fingerprint density at radius 2 is 2.25 bits per heavy atom. The zero-order valence-corrected chi connectivity index (χ0v) is 9.53. The van der Waals surface area contributed by atoms with E-state index in [1.807, 2.05) is 6.20 Å². The first-order valence-corrected chi connectivity index (χ1v) is 5.57. The van der Waals surface area contributed by atoms with Gasteiger partial charge in [-0.25, -0.2) is 0 Å². The molecule has 82 valence electrons. The lowest BCUT2D eigenvalue weighted by Crippen LogP contribution is -2.11. The lowest BCUT2D eigenvalue weighted by Gasteiger charge is -2.04. The number of fused-ring (bicyclic) bond motifs is 1. The highest BCUT2D eigenvalue weighted by molar-refractivity contribution is 5.81. The third kappa shape index (κ3) is 2.10. The number of nitrogens with one attached hydrogen (secondary N) is 1. The number of hydrogen-bond donors (Lipinski definition) is 1. The fourth-order valence-electron chi connectivity index (χ4n) is 1.87. The summed E-state index contributed by atoms with van der Waals surface area (Å²) < 4.78 is 2.09. The molecule has 1 heterocycles. The third-order valence-corrected chi connectivity index (χ3v) is 2.68. The molecule has 0 aliphatic carbocycles. The average Bonchev–Trinajstić information content (AvgIpc) is 2.70. The Bertz CT molecular complexity index is 517. The lowest BCUT2D eigenvalue weighted by atomic mass is 10.1. The summed E-state index contributed by atoms with van der Waals surface area (Å²) >= 11 is 0. The van der Waals surface area contributed by atoms with E-state index in [-0.39, 0.29) is 0 Å². The number of benzene rings is 1. The summed E-state index contributed by atoms with van der Waals surface area (Å²) in [5.74, 6) is 2.66. The van der Waals surface area contributed by atoms with Crippen LogP contribution in [0.3, 0.4) is 0 Å². The van der Waals surface area contributed by atoms with Crippen LogP contribution >= 0.6 is 0 Å². The fourth-order valence-corrected chi connectivity index (χ4v) is 1.87. The van der Waals surface area contributed by atoms with Gasteiger partial charge in [-0.05, 0) is 35.7 Å². The first-order chi connectivity index (χ1) is 7.85. The molecule has 0 unspecified atom stereocenters. The maximum Gasteiger partial charge on any atom is 0.0834 e. The number of hydrogen-bond acceptors (Lipinski definition) is 1. The smallest absolute Gasteiger partial charge is 0.0834 e. The molecule has 1 N–H and O–H groups in total. The van der Waals surface area contributed by atoms with Crippen molar-refractivity contribution in [2.24, 2.45) is 0 Å². The zero-order chi connectivity index (χ0) is 11.4. The molecule has 0 aliphatic heterocycles. The van der Waals surface area contributed by atoms with E-state index in [4.69, 9.17) is 6.42 Å². The lowest BCUT2D eigenvalue weighted by molar-refractivity contribution is 0.727. The van der Waals surface area contributed by atoms with Gasteiger partial charge in [-0.3, -0.25) is 0 Å². The van der Waals surface area contributed by atoms with Gasteiger partial charge in [-0.15, -0.1) is 6.42 Å². The second kappa shape index (κ2) is 4.87. The summed E-state index contributed by atoms with van der Waals surface area (Å²) in [6.45, 7) is 4.67. The highest BCUT2D eigenvalue weighted by Crippen LogP contribution is 2.17. The van der Waals surface area contributed by atoms with Crippen LogP contribution in [-0.2, 0) is 13.1 Å². The van der Waals surface area contributed by atoms with Crippen LogP contribution in [0.4, 0.5) is 0 Å². The van der Waals surface area contributed by atoms with E-state index in [1.165, 1.54) is 16.5 Å². The largest absolute Gasteiger partial charge is 0.336 e. The molecule has 0 spiro atoms. The van der Waals surface area contributed by atoms with Crippen LogP contribution in [0.1, 0.15) is 12.5 Å². The Balaban J connectivity index is 2.30. The van der Waals surface area contributed by atoms with Gasteiger partial charge in [0.1, 0.15) is 0 Å². The number of aromatic nitrogens is 1. The number of terminal acetylenes is 1. The van der Waals surface area contributed by atoms with Gasteiger partial charge in [0.2, 0.25) is 0 Å². The molecule has 0 amide bonds. The van der Waals surface area contributed by atoms with Crippen LogP contribution in [0.25, 0.3) is 10.9 Å². The van der Waals surface area contributed by atoms with Crippen LogP contribution in [0.5, 0.6) is 0 Å². The Kier molecular flexibility index (Phi) is 3.28. The number of rotatable bonds is 4. The van der Waals surface area contributed by atoms with E-state index >= 15 is 0 Å². The van der Waals surface area contributed by atoms with E-state index in [0.29, 0.717) is 6.54 Å². The van der Waals surface area contributed by atoms with Gasteiger partial charge >= 0.3 is 0 Å². The molecule has 2 rings (SSSR count). The minimum Gasteiger partial charge on any atom is -0.336 e. The normalized spacial score (nSPS) is 10.5. The van der Waals surface area contributed by atoms with Gasteiger partial charge in [0.25, 0.3) is 0 Å². The van der Waals surface area contributed by atoms with Crippen molar-refractivity contribution < 1.29 is 0 Å². The fraction of sp³-hybridized carbons (Fsp3) is 0.286.